The van der Waals surface area contributed by atoms with Crippen LogP contribution >= 0.6 is 6.72 Å². The van der Waals surface area contributed by atoms with E-state index >= 15 is 0 Å². The number of anilines is 1. The number of H-pyrrole nitrogens is 1. The first kappa shape index (κ1) is 15.5. The number of ether oxygens (including phenoxy) is 1. The maximum atomic E-state index is 12.1. The minimum absolute atomic E-state index is 0.0466. The van der Waals surface area contributed by atoms with Crippen LogP contribution in [0.3, 0.4) is 0 Å². The van der Waals surface area contributed by atoms with E-state index in [4.69, 9.17) is 24.8 Å². The summed E-state index contributed by atoms with van der Waals surface area (Å²) < 4.78 is 11.8. The molecule has 10 nitrogen and oxygen atoms in total. The largest absolute Gasteiger partial charge is 0.382 e. The molecule has 3 heterocycles. The van der Waals surface area contributed by atoms with Gasteiger partial charge in [-0.1, -0.05) is 0 Å². The van der Waals surface area contributed by atoms with Crippen molar-refractivity contribution < 1.29 is 19.0 Å². The van der Waals surface area contributed by atoms with Crippen molar-refractivity contribution >= 4 is 35.5 Å². The topological polar surface area (TPSA) is 149 Å². The number of imidazole rings is 1. The van der Waals surface area contributed by atoms with Crippen LogP contribution in [0.25, 0.3) is 11.2 Å². The minimum Gasteiger partial charge on any atom is -0.382 e. The molecule has 0 radical (unpaired) electrons. The summed E-state index contributed by atoms with van der Waals surface area (Å²) in [5, 5.41) is 0. The van der Waals surface area contributed by atoms with E-state index in [0.717, 1.165) is 0 Å². The van der Waals surface area contributed by atoms with Crippen LogP contribution in [0.2, 0.25) is 0 Å². The molecule has 120 valence electrons. The Kier molecular flexibility index (Phi) is 4.02. The van der Waals surface area contributed by atoms with Gasteiger partial charge in [0.1, 0.15) is 18.1 Å². The van der Waals surface area contributed by atoms with Gasteiger partial charge >= 0.3 is 12.4 Å². The Morgan fingerprint density at radius 1 is 1.55 bits per heavy atom. The Bertz CT molecular complexity index is 801. The van der Waals surface area contributed by atoms with Gasteiger partial charge in [-0.25, -0.2) is 19.3 Å². The van der Waals surface area contributed by atoms with E-state index in [1.165, 1.54) is 10.9 Å². The number of aromatic nitrogens is 4. The lowest BCUT2D eigenvalue weighted by molar-refractivity contribution is -0.0192. The SMILES string of the molecule is Nc1ncnc2c1[nH]c(=O)n2[C@H]1CC[C@@H](COP(O)(O)=S)O1. The van der Waals surface area contributed by atoms with Crippen molar-refractivity contribution in [3.05, 3.63) is 16.8 Å². The minimum atomic E-state index is -3.71. The predicted octanol–water partition coefficient (Wildman–Crippen LogP) is -0.395. The second kappa shape index (κ2) is 5.69. The molecule has 2 atom stereocenters. The maximum Gasteiger partial charge on any atom is 0.329 e. The van der Waals surface area contributed by atoms with Crippen LogP contribution in [0.4, 0.5) is 5.82 Å². The molecule has 0 aliphatic carbocycles. The molecule has 22 heavy (non-hydrogen) atoms. The van der Waals surface area contributed by atoms with E-state index in [-0.39, 0.29) is 18.5 Å². The van der Waals surface area contributed by atoms with Crippen LogP contribution in [-0.4, -0.2) is 42.0 Å². The summed E-state index contributed by atoms with van der Waals surface area (Å²) in [6, 6.07) is 0. The normalized spacial score (nSPS) is 22.5. The average molecular weight is 347 g/mol. The van der Waals surface area contributed by atoms with Gasteiger partial charge < -0.3 is 29.8 Å². The molecular weight excluding hydrogens is 333 g/mol. The number of aromatic amines is 1. The molecule has 0 unspecified atom stereocenters. The molecule has 12 heteroatoms. The predicted molar refractivity (Wildman–Crippen MR) is 80.4 cm³/mol. The van der Waals surface area contributed by atoms with E-state index in [0.29, 0.717) is 24.0 Å². The zero-order valence-electron chi connectivity index (χ0n) is 11.2. The Morgan fingerprint density at radius 3 is 3.05 bits per heavy atom. The molecule has 0 bridgehead atoms. The smallest absolute Gasteiger partial charge is 0.329 e. The summed E-state index contributed by atoms with van der Waals surface area (Å²) in [6.45, 7) is -3.76. The zero-order chi connectivity index (χ0) is 15.9. The van der Waals surface area contributed by atoms with Gasteiger partial charge in [0.05, 0.1) is 12.7 Å². The van der Waals surface area contributed by atoms with E-state index in [9.17, 15) is 4.79 Å². The van der Waals surface area contributed by atoms with Gasteiger partial charge in [-0.2, -0.15) is 0 Å². The second-order valence-corrected chi connectivity index (χ2v) is 7.50. The van der Waals surface area contributed by atoms with Crippen LogP contribution in [0.15, 0.2) is 11.1 Å². The van der Waals surface area contributed by atoms with Crippen molar-refractivity contribution in [3.8, 4) is 0 Å². The number of fused-ring (bicyclic) bond motifs is 1. The maximum absolute atomic E-state index is 12.1. The Balaban J connectivity index is 1.82. The number of hydrogen-bond donors (Lipinski definition) is 4. The fourth-order valence-electron chi connectivity index (χ4n) is 2.40. The molecule has 1 saturated heterocycles. The highest BCUT2D eigenvalue weighted by Crippen LogP contribution is 2.38. The highest BCUT2D eigenvalue weighted by Gasteiger charge is 2.30. The Labute approximate surface area is 129 Å². The molecule has 5 N–H and O–H groups in total. The zero-order valence-corrected chi connectivity index (χ0v) is 13.0. The monoisotopic (exact) mass is 347 g/mol. The van der Waals surface area contributed by atoms with Crippen LogP contribution in [0, 0.1) is 0 Å². The van der Waals surface area contributed by atoms with Crippen molar-refractivity contribution in [1.82, 2.24) is 19.5 Å². The first-order chi connectivity index (χ1) is 10.3. The summed E-state index contributed by atoms with van der Waals surface area (Å²) in [5.74, 6) is 0.181. The van der Waals surface area contributed by atoms with E-state index in [2.05, 4.69) is 26.8 Å². The van der Waals surface area contributed by atoms with Gasteiger partial charge in [0.25, 0.3) is 0 Å². The fourth-order valence-corrected chi connectivity index (χ4v) is 2.95. The summed E-state index contributed by atoms with van der Waals surface area (Å²) in [6.07, 6.45) is 1.47. The van der Waals surface area contributed by atoms with Gasteiger partial charge in [-0.3, -0.25) is 0 Å². The van der Waals surface area contributed by atoms with E-state index in [1.54, 1.807) is 0 Å². The van der Waals surface area contributed by atoms with Crippen LogP contribution in [-0.2, 0) is 21.1 Å². The summed E-state index contributed by atoms with van der Waals surface area (Å²) in [4.78, 5) is 40.7. The molecule has 0 saturated carbocycles. The molecule has 0 amide bonds. The third kappa shape index (κ3) is 3.05. The van der Waals surface area contributed by atoms with Crippen molar-refractivity contribution in [1.29, 1.82) is 0 Å². The molecular formula is C10H14N5O5PS. The number of nitrogens with one attached hydrogen (secondary N) is 1. The number of nitrogens with two attached hydrogens (primary N) is 1. The van der Waals surface area contributed by atoms with Crippen LogP contribution in [0.5, 0.6) is 0 Å². The fraction of sp³-hybridized carbons (Fsp3) is 0.500. The standard InChI is InChI=1S/C10H14N5O5PS/c11-8-7-9(13-4-12-8)15(10(16)14-7)6-2-1-5(20-6)3-19-21(17,18)22/h4-6H,1-3H2,(H,14,16)(H2,11,12,13)(H2,17,18,22)/t5-,6+/m0/s1. The van der Waals surface area contributed by atoms with Crippen molar-refractivity contribution in [2.75, 3.05) is 12.3 Å². The number of rotatable bonds is 4. The van der Waals surface area contributed by atoms with Crippen molar-refractivity contribution in [2.45, 2.75) is 25.2 Å². The van der Waals surface area contributed by atoms with E-state index in [1.807, 2.05) is 0 Å². The van der Waals surface area contributed by atoms with Gasteiger partial charge in [0.15, 0.2) is 11.5 Å². The van der Waals surface area contributed by atoms with Gasteiger partial charge in [-0.05, 0) is 24.6 Å². The summed E-state index contributed by atoms with van der Waals surface area (Å²) in [5.41, 5.74) is 6.02. The lowest BCUT2D eigenvalue weighted by Gasteiger charge is -2.16. The molecule has 1 fully saturated rings. The third-order valence-corrected chi connectivity index (χ3v) is 4.14. The first-order valence-electron chi connectivity index (χ1n) is 6.41. The summed E-state index contributed by atoms with van der Waals surface area (Å²) >= 11 is 4.38. The lowest BCUT2D eigenvalue weighted by atomic mass is 10.2. The molecule has 2 aromatic heterocycles. The molecule has 2 aromatic rings. The average Bonchev–Trinajstić information content (AvgIpc) is 3.00. The molecule has 1 aliphatic heterocycles. The van der Waals surface area contributed by atoms with Crippen molar-refractivity contribution in [2.24, 2.45) is 0 Å². The van der Waals surface area contributed by atoms with Crippen LogP contribution < -0.4 is 11.4 Å². The van der Waals surface area contributed by atoms with Gasteiger partial charge in [0, 0.05) is 0 Å². The number of hydrogen-bond acceptors (Lipinski definition) is 7. The first-order valence-corrected chi connectivity index (χ1v) is 9.04. The van der Waals surface area contributed by atoms with E-state index < -0.39 is 18.6 Å². The second-order valence-electron chi connectivity index (χ2n) is 4.83. The van der Waals surface area contributed by atoms with Gasteiger partial charge in [-0.15, -0.1) is 0 Å². The molecule has 0 spiro atoms. The molecule has 1 aliphatic rings. The van der Waals surface area contributed by atoms with Gasteiger partial charge in [0.2, 0.25) is 0 Å². The summed E-state index contributed by atoms with van der Waals surface area (Å²) in [7, 11) is 0. The Hall–Kier alpha value is -1.36. The number of nitrogens with zero attached hydrogens (tertiary/aromatic N) is 3. The quantitative estimate of drug-likeness (QED) is 0.542. The van der Waals surface area contributed by atoms with Crippen molar-refractivity contribution in [3.63, 3.8) is 0 Å². The lowest BCUT2D eigenvalue weighted by Crippen LogP contribution is -2.24. The highest BCUT2D eigenvalue weighted by molar-refractivity contribution is 8.06. The highest BCUT2D eigenvalue weighted by atomic mass is 32.5. The van der Waals surface area contributed by atoms with Crippen LogP contribution in [0.1, 0.15) is 19.1 Å². The number of nitrogen functional groups attached to an aromatic ring is 1. The molecule has 3 rings (SSSR count). The molecule has 0 aromatic carbocycles. The Morgan fingerprint density at radius 2 is 2.32 bits per heavy atom. The third-order valence-electron chi connectivity index (χ3n) is 3.34.